The van der Waals surface area contributed by atoms with E-state index in [1.165, 1.54) is 31.5 Å². The molecule has 3 rings (SSSR count). The summed E-state index contributed by atoms with van der Waals surface area (Å²) in [5.41, 5.74) is 1.33. The van der Waals surface area contributed by atoms with E-state index < -0.39 is 0 Å². The zero-order valence-corrected chi connectivity index (χ0v) is 13.1. The van der Waals surface area contributed by atoms with Crippen LogP contribution in [0.5, 0.6) is 11.5 Å². The lowest BCUT2D eigenvalue weighted by molar-refractivity contribution is 0.139. The monoisotopic (exact) mass is 290 g/mol. The van der Waals surface area contributed by atoms with Gasteiger partial charge in [0.1, 0.15) is 13.2 Å². The fraction of sp³-hybridized carbons (Fsp3) is 0.647. The van der Waals surface area contributed by atoms with Crippen molar-refractivity contribution >= 4 is 0 Å². The van der Waals surface area contributed by atoms with Crippen LogP contribution in [0.1, 0.15) is 31.4 Å². The van der Waals surface area contributed by atoms with Gasteiger partial charge in [-0.05, 0) is 70.1 Å². The van der Waals surface area contributed by atoms with Crippen LogP contribution < -0.4 is 14.8 Å². The van der Waals surface area contributed by atoms with Gasteiger partial charge >= 0.3 is 0 Å². The highest BCUT2D eigenvalue weighted by Crippen LogP contribution is 2.35. The molecule has 0 amide bonds. The van der Waals surface area contributed by atoms with Gasteiger partial charge in [0.05, 0.1) is 0 Å². The Balaban J connectivity index is 1.64. The van der Waals surface area contributed by atoms with E-state index in [2.05, 4.69) is 29.3 Å². The topological polar surface area (TPSA) is 33.7 Å². The van der Waals surface area contributed by atoms with Crippen molar-refractivity contribution in [3.63, 3.8) is 0 Å². The van der Waals surface area contributed by atoms with E-state index in [9.17, 15) is 0 Å². The first-order valence-corrected chi connectivity index (χ1v) is 8.06. The van der Waals surface area contributed by atoms with Gasteiger partial charge in [-0.1, -0.05) is 6.07 Å². The molecule has 0 saturated carbocycles. The predicted molar refractivity (Wildman–Crippen MR) is 84.1 cm³/mol. The van der Waals surface area contributed by atoms with Crippen molar-refractivity contribution < 1.29 is 9.47 Å². The van der Waals surface area contributed by atoms with Gasteiger partial charge in [0, 0.05) is 6.04 Å². The van der Waals surface area contributed by atoms with Crippen molar-refractivity contribution in [3.8, 4) is 11.5 Å². The van der Waals surface area contributed by atoms with Gasteiger partial charge in [0.15, 0.2) is 11.5 Å². The fourth-order valence-electron chi connectivity index (χ4n) is 3.36. The number of nitrogens with zero attached hydrogens (tertiary/aromatic N) is 1. The summed E-state index contributed by atoms with van der Waals surface area (Å²) in [6.45, 7) is 7.11. The van der Waals surface area contributed by atoms with E-state index in [0.29, 0.717) is 19.3 Å². The minimum Gasteiger partial charge on any atom is -0.486 e. The molecule has 2 aliphatic rings. The average molecular weight is 290 g/mol. The Morgan fingerprint density at radius 1 is 1.19 bits per heavy atom. The molecular weight excluding hydrogens is 264 g/mol. The van der Waals surface area contributed by atoms with E-state index in [1.807, 2.05) is 13.1 Å². The second kappa shape index (κ2) is 6.67. The first kappa shape index (κ1) is 14.7. The molecule has 0 aromatic heterocycles. The lowest BCUT2D eigenvalue weighted by Gasteiger charge is -2.36. The Kier molecular flexibility index (Phi) is 4.66. The van der Waals surface area contributed by atoms with Crippen molar-refractivity contribution in [2.24, 2.45) is 5.92 Å². The molecule has 2 aliphatic heterocycles. The van der Waals surface area contributed by atoms with Crippen LogP contribution in [0.25, 0.3) is 0 Å². The first-order valence-electron chi connectivity index (χ1n) is 8.06. The Hall–Kier alpha value is -1.26. The van der Waals surface area contributed by atoms with Gasteiger partial charge in [0.25, 0.3) is 0 Å². The summed E-state index contributed by atoms with van der Waals surface area (Å²) < 4.78 is 11.3. The molecule has 1 fully saturated rings. The van der Waals surface area contributed by atoms with Crippen molar-refractivity contribution in [2.75, 3.05) is 39.9 Å². The highest BCUT2D eigenvalue weighted by atomic mass is 16.6. The Bertz CT molecular complexity index is 470. The summed E-state index contributed by atoms with van der Waals surface area (Å²) in [5.74, 6) is 2.61. The van der Waals surface area contributed by atoms with Gasteiger partial charge in [-0.3, -0.25) is 4.90 Å². The summed E-state index contributed by atoms with van der Waals surface area (Å²) in [6.07, 6.45) is 2.57. The van der Waals surface area contributed by atoms with Crippen LogP contribution in [-0.2, 0) is 0 Å². The molecule has 1 unspecified atom stereocenters. The molecule has 4 nitrogen and oxygen atoms in total. The minimum atomic E-state index is 0.441. The quantitative estimate of drug-likeness (QED) is 0.923. The summed E-state index contributed by atoms with van der Waals surface area (Å²) in [7, 11) is 2.05. The molecule has 1 aromatic rings. The second-order valence-corrected chi connectivity index (χ2v) is 6.12. The summed E-state index contributed by atoms with van der Waals surface area (Å²) in [6, 6.07) is 6.82. The number of piperidine rings is 1. The van der Waals surface area contributed by atoms with Gasteiger partial charge < -0.3 is 14.8 Å². The molecular formula is C17H26N2O2. The van der Waals surface area contributed by atoms with Crippen molar-refractivity contribution in [2.45, 2.75) is 25.8 Å². The van der Waals surface area contributed by atoms with E-state index >= 15 is 0 Å². The third-order valence-electron chi connectivity index (χ3n) is 4.74. The normalized spacial score (nSPS) is 21.2. The van der Waals surface area contributed by atoms with E-state index in [0.717, 1.165) is 24.0 Å². The molecule has 21 heavy (non-hydrogen) atoms. The van der Waals surface area contributed by atoms with Crippen LogP contribution in [0, 0.1) is 5.92 Å². The molecule has 4 heteroatoms. The number of hydrogen-bond donors (Lipinski definition) is 1. The van der Waals surface area contributed by atoms with Crippen LogP contribution in [0.2, 0.25) is 0 Å². The lowest BCUT2D eigenvalue weighted by Crippen LogP contribution is -2.38. The maximum absolute atomic E-state index is 5.70. The van der Waals surface area contributed by atoms with Gasteiger partial charge in [-0.15, -0.1) is 0 Å². The van der Waals surface area contributed by atoms with Crippen molar-refractivity contribution in [1.82, 2.24) is 10.2 Å². The maximum atomic E-state index is 5.70. The van der Waals surface area contributed by atoms with E-state index in [-0.39, 0.29) is 0 Å². The van der Waals surface area contributed by atoms with Crippen LogP contribution in [-0.4, -0.2) is 44.8 Å². The summed E-state index contributed by atoms with van der Waals surface area (Å²) in [5, 5.41) is 3.30. The SMILES string of the molecule is CNCC1CCN(C(C)c2ccc3c(c2)OCCO3)CC1. The molecule has 2 heterocycles. The molecule has 0 bridgehead atoms. The van der Waals surface area contributed by atoms with Gasteiger partial charge in [-0.25, -0.2) is 0 Å². The molecule has 0 aliphatic carbocycles. The third-order valence-corrected chi connectivity index (χ3v) is 4.74. The van der Waals surface area contributed by atoms with Crippen LogP contribution in [0.15, 0.2) is 18.2 Å². The Labute approximate surface area is 127 Å². The number of likely N-dealkylation sites (tertiary alicyclic amines) is 1. The zero-order chi connectivity index (χ0) is 14.7. The number of rotatable bonds is 4. The smallest absolute Gasteiger partial charge is 0.161 e. The average Bonchev–Trinajstić information content (AvgIpc) is 2.55. The molecule has 1 atom stereocenters. The third kappa shape index (κ3) is 3.33. The number of fused-ring (bicyclic) bond motifs is 1. The highest BCUT2D eigenvalue weighted by Gasteiger charge is 2.24. The van der Waals surface area contributed by atoms with Crippen molar-refractivity contribution in [1.29, 1.82) is 0 Å². The molecule has 1 saturated heterocycles. The molecule has 1 aromatic carbocycles. The Morgan fingerprint density at radius 2 is 1.90 bits per heavy atom. The van der Waals surface area contributed by atoms with Crippen molar-refractivity contribution in [3.05, 3.63) is 23.8 Å². The Morgan fingerprint density at radius 3 is 2.62 bits per heavy atom. The number of benzene rings is 1. The number of nitrogens with one attached hydrogen (secondary N) is 1. The standard InChI is InChI=1S/C17H26N2O2/c1-13(19-7-5-14(6-8-19)12-18-2)15-3-4-16-17(11-15)21-10-9-20-16/h3-4,11,13-14,18H,5-10,12H2,1-2H3. The maximum Gasteiger partial charge on any atom is 0.161 e. The van der Waals surface area contributed by atoms with Gasteiger partial charge in [0.2, 0.25) is 0 Å². The summed E-state index contributed by atoms with van der Waals surface area (Å²) >= 11 is 0. The van der Waals surface area contributed by atoms with Crippen LogP contribution in [0.4, 0.5) is 0 Å². The molecule has 0 spiro atoms. The minimum absolute atomic E-state index is 0.441. The zero-order valence-electron chi connectivity index (χ0n) is 13.1. The molecule has 116 valence electrons. The van der Waals surface area contributed by atoms with Crippen LogP contribution >= 0.6 is 0 Å². The van der Waals surface area contributed by atoms with E-state index in [1.54, 1.807) is 0 Å². The summed E-state index contributed by atoms with van der Waals surface area (Å²) in [4.78, 5) is 2.58. The largest absolute Gasteiger partial charge is 0.486 e. The molecule has 1 N–H and O–H groups in total. The van der Waals surface area contributed by atoms with Gasteiger partial charge in [-0.2, -0.15) is 0 Å². The number of ether oxygens (including phenoxy) is 2. The van der Waals surface area contributed by atoms with Crippen LogP contribution in [0.3, 0.4) is 0 Å². The highest BCUT2D eigenvalue weighted by molar-refractivity contribution is 5.44. The van der Waals surface area contributed by atoms with E-state index in [4.69, 9.17) is 9.47 Å². The second-order valence-electron chi connectivity index (χ2n) is 6.12. The fourth-order valence-corrected chi connectivity index (χ4v) is 3.36. The molecule has 0 radical (unpaired) electrons. The number of hydrogen-bond acceptors (Lipinski definition) is 4. The predicted octanol–water partition coefficient (Wildman–Crippen LogP) is 2.45. The first-order chi connectivity index (χ1) is 10.3. The lowest BCUT2D eigenvalue weighted by atomic mass is 9.94.